The summed E-state index contributed by atoms with van der Waals surface area (Å²) < 4.78 is 6.08. The Balaban J connectivity index is 2.58. The maximum Gasteiger partial charge on any atom is 0.184 e. The van der Waals surface area contributed by atoms with Gasteiger partial charge in [-0.1, -0.05) is 19.3 Å². The molecule has 1 saturated carbocycles. The fraction of sp³-hybridized carbons (Fsp3) is 0.909. The molecule has 1 fully saturated rings. The Bertz CT molecular complexity index is 216. The summed E-state index contributed by atoms with van der Waals surface area (Å²) in [5, 5.41) is 9.07. The zero-order chi connectivity index (χ0) is 10.6. The maximum absolute atomic E-state index is 9.07. The van der Waals surface area contributed by atoms with E-state index in [2.05, 4.69) is 25.7 Å². The summed E-state index contributed by atoms with van der Waals surface area (Å²) >= 11 is 0. The molecular weight excluding hydrogens is 190 g/mol. The third-order valence-corrected chi connectivity index (χ3v) is 3.63. The van der Waals surface area contributed by atoms with Gasteiger partial charge < -0.3 is 4.43 Å². The molecule has 0 saturated heterocycles. The molecule has 1 aliphatic carbocycles. The van der Waals surface area contributed by atoms with E-state index in [1.807, 2.05) is 0 Å². The van der Waals surface area contributed by atoms with Crippen molar-refractivity contribution in [2.45, 2.75) is 57.8 Å². The smallest absolute Gasteiger partial charge is 0.184 e. The Morgan fingerprint density at radius 1 is 1.14 bits per heavy atom. The number of nitrogens with zero attached hydrogens (tertiary/aromatic N) is 1. The highest BCUT2D eigenvalue weighted by atomic mass is 28.4. The molecule has 0 amide bonds. The van der Waals surface area contributed by atoms with E-state index in [4.69, 9.17) is 9.69 Å². The molecule has 0 bridgehead atoms. The van der Waals surface area contributed by atoms with Crippen LogP contribution in [-0.2, 0) is 4.43 Å². The molecule has 1 rings (SSSR count). The van der Waals surface area contributed by atoms with Crippen molar-refractivity contribution < 1.29 is 4.43 Å². The summed E-state index contributed by atoms with van der Waals surface area (Å²) in [6.07, 6.45) is 6.03. The first-order valence-corrected chi connectivity index (χ1v) is 9.01. The lowest BCUT2D eigenvalue weighted by Crippen LogP contribution is -2.35. The molecule has 1 aliphatic rings. The summed E-state index contributed by atoms with van der Waals surface area (Å²) in [6.45, 7) is 6.60. The molecule has 0 aromatic heterocycles. The van der Waals surface area contributed by atoms with E-state index in [0.717, 1.165) is 12.8 Å². The monoisotopic (exact) mass is 211 g/mol. The average Bonchev–Trinajstić information content (AvgIpc) is 2.27. The van der Waals surface area contributed by atoms with Crippen molar-refractivity contribution in [3.05, 3.63) is 0 Å². The van der Waals surface area contributed by atoms with Gasteiger partial charge >= 0.3 is 0 Å². The highest BCUT2D eigenvalue weighted by Gasteiger charge is 2.28. The van der Waals surface area contributed by atoms with Crippen molar-refractivity contribution in [2.24, 2.45) is 5.92 Å². The second-order valence-corrected chi connectivity index (χ2v) is 9.60. The van der Waals surface area contributed by atoms with Gasteiger partial charge in [-0.15, -0.1) is 0 Å². The van der Waals surface area contributed by atoms with Crippen molar-refractivity contribution in [1.29, 1.82) is 5.26 Å². The first kappa shape index (κ1) is 11.7. The topological polar surface area (TPSA) is 33.0 Å². The lowest BCUT2D eigenvalue weighted by Gasteiger charge is -2.28. The molecule has 0 aromatic rings. The molecule has 0 heterocycles. The lowest BCUT2D eigenvalue weighted by molar-refractivity contribution is 0.144. The molecule has 2 atom stereocenters. The quantitative estimate of drug-likeness (QED) is 0.518. The largest absolute Gasteiger partial charge is 0.413 e. The Morgan fingerprint density at radius 3 is 2.36 bits per heavy atom. The SMILES string of the molecule is C[Si](C)(C)O[C@H]1CCCCC[C@@H]1C#N. The lowest BCUT2D eigenvalue weighted by atomic mass is 9.99. The summed E-state index contributed by atoms with van der Waals surface area (Å²) in [4.78, 5) is 0. The van der Waals surface area contributed by atoms with Gasteiger partial charge in [0.1, 0.15) is 0 Å². The van der Waals surface area contributed by atoms with Crippen LogP contribution in [0.4, 0.5) is 0 Å². The van der Waals surface area contributed by atoms with Crippen molar-refractivity contribution in [3.8, 4) is 6.07 Å². The van der Waals surface area contributed by atoms with E-state index in [0.29, 0.717) is 0 Å². The summed E-state index contributed by atoms with van der Waals surface area (Å²) in [6, 6.07) is 2.41. The van der Waals surface area contributed by atoms with Crippen molar-refractivity contribution in [3.63, 3.8) is 0 Å². The van der Waals surface area contributed by atoms with Gasteiger partial charge in [0.2, 0.25) is 0 Å². The van der Waals surface area contributed by atoms with Crippen molar-refractivity contribution in [1.82, 2.24) is 0 Å². The second kappa shape index (κ2) is 4.95. The second-order valence-electron chi connectivity index (χ2n) is 5.14. The minimum atomic E-state index is -1.48. The maximum atomic E-state index is 9.07. The van der Waals surface area contributed by atoms with Crippen LogP contribution in [-0.4, -0.2) is 14.4 Å². The highest BCUT2D eigenvalue weighted by molar-refractivity contribution is 6.69. The number of nitriles is 1. The first-order valence-electron chi connectivity index (χ1n) is 5.60. The normalized spacial score (nSPS) is 29.3. The molecular formula is C11H21NOSi. The van der Waals surface area contributed by atoms with E-state index >= 15 is 0 Å². The zero-order valence-electron chi connectivity index (χ0n) is 9.55. The van der Waals surface area contributed by atoms with Gasteiger partial charge in [-0.05, 0) is 32.5 Å². The van der Waals surface area contributed by atoms with Gasteiger partial charge in [0.25, 0.3) is 0 Å². The van der Waals surface area contributed by atoms with Crippen molar-refractivity contribution >= 4 is 8.32 Å². The summed E-state index contributed by atoms with van der Waals surface area (Å²) in [5.41, 5.74) is 0. The Morgan fingerprint density at radius 2 is 1.79 bits per heavy atom. The molecule has 0 radical (unpaired) electrons. The minimum Gasteiger partial charge on any atom is -0.413 e. The molecule has 0 aliphatic heterocycles. The molecule has 80 valence electrons. The van der Waals surface area contributed by atoms with Crippen LogP contribution in [0.1, 0.15) is 32.1 Å². The minimum absolute atomic E-state index is 0.143. The highest BCUT2D eigenvalue weighted by Crippen LogP contribution is 2.27. The van der Waals surface area contributed by atoms with E-state index in [1.54, 1.807) is 0 Å². The number of hydrogen-bond acceptors (Lipinski definition) is 2. The van der Waals surface area contributed by atoms with E-state index < -0.39 is 8.32 Å². The van der Waals surface area contributed by atoms with Gasteiger partial charge in [-0.2, -0.15) is 5.26 Å². The fourth-order valence-electron chi connectivity index (χ4n) is 2.02. The first-order chi connectivity index (χ1) is 6.53. The Labute approximate surface area is 88.4 Å². The van der Waals surface area contributed by atoms with Crippen molar-refractivity contribution in [2.75, 3.05) is 0 Å². The van der Waals surface area contributed by atoms with Gasteiger partial charge in [0, 0.05) is 0 Å². The number of hydrogen-bond donors (Lipinski definition) is 0. The van der Waals surface area contributed by atoms with Crippen LogP contribution in [0.3, 0.4) is 0 Å². The molecule has 3 heteroatoms. The standard InChI is InChI=1S/C11H21NOSi/c1-14(2,3)13-11-8-6-4-5-7-10(11)9-12/h10-11H,4-8H2,1-3H3/t10-,11+/m1/s1. The van der Waals surface area contributed by atoms with Gasteiger partial charge in [-0.25, -0.2) is 0 Å². The molecule has 0 unspecified atom stereocenters. The van der Waals surface area contributed by atoms with Crippen LogP contribution in [0.15, 0.2) is 0 Å². The molecule has 0 spiro atoms. The average molecular weight is 211 g/mol. The van der Waals surface area contributed by atoms with Crippen LogP contribution in [0.25, 0.3) is 0 Å². The predicted molar refractivity (Wildman–Crippen MR) is 60.4 cm³/mol. The molecule has 2 nitrogen and oxygen atoms in total. The van der Waals surface area contributed by atoms with Gasteiger partial charge in [0.15, 0.2) is 8.32 Å². The van der Waals surface area contributed by atoms with Crippen LogP contribution >= 0.6 is 0 Å². The van der Waals surface area contributed by atoms with Crippen LogP contribution < -0.4 is 0 Å². The number of rotatable bonds is 2. The van der Waals surface area contributed by atoms with Crippen LogP contribution in [0.2, 0.25) is 19.6 Å². The molecule has 0 aromatic carbocycles. The van der Waals surface area contributed by atoms with E-state index in [9.17, 15) is 0 Å². The summed E-state index contributed by atoms with van der Waals surface area (Å²) in [5.74, 6) is 0.143. The van der Waals surface area contributed by atoms with E-state index in [1.165, 1.54) is 19.3 Å². The molecule has 0 N–H and O–H groups in total. The van der Waals surface area contributed by atoms with E-state index in [-0.39, 0.29) is 12.0 Å². The zero-order valence-corrected chi connectivity index (χ0v) is 10.5. The Kier molecular flexibility index (Phi) is 4.15. The third kappa shape index (κ3) is 3.81. The van der Waals surface area contributed by atoms with Gasteiger partial charge in [-0.3, -0.25) is 0 Å². The third-order valence-electron chi connectivity index (χ3n) is 2.62. The summed E-state index contributed by atoms with van der Waals surface area (Å²) in [7, 11) is -1.48. The predicted octanol–water partition coefficient (Wildman–Crippen LogP) is 3.31. The van der Waals surface area contributed by atoms with Crippen LogP contribution in [0, 0.1) is 17.2 Å². The fourth-order valence-corrected chi connectivity index (χ4v) is 3.21. The molecule has 14 heavy (non-hydrogen) atoms. The van der Waals surface area contributed by atoms with Crippen LogP contribution in [0.5, 0.6) is 0 Å². The van der Waals surface area contributed by atoms with Gasteiger partial charge in [0.05, 0.1) is 18.1 Å². The Hall–Kier alpha value is -0.333.